The van der Waals surface area contributed by atoms with Gasteiger partial charge in [-0.15, -0.1) is 11.3 Å². The van der Waals surface area contributed by atoms with Crippen molar-refractivity contribution in [3.63, 3.8) is 0 Å². The molecule has 102 valence electrons. The molecule has 0 aromatic carbocycles. The number of aryl methyl sites for hydroxylation is 2. The summed E-state index contributed by atoms with van der Waals surface area (Å²) >= 11 is 1.85. The molecule has 1 saturated heterocycles. The normalized spacial score (nSPS) is 27.4. The van der Waals surface area contributed by atoms with E-state index >= 15 is 0 Å². The van der Waals surface area contributed by atoms with E-state index in [1.165, 1.54) is 22.0 Å². The number of nitrogens with one attached hydrogen (secondary N) is 1. The average molecular weight is 267 g/mol. The highest BCUT2D eigenvalue weighted by molar-refractivity contribution is 7.11. The molecule has 3 nitrogen and oxygen atoms in total. The zero-order chi connectivity index (χ0) is 13.3. The lowest BCUT2D eigenvalue weighted by atomic mass is 10.0. The molecule has 0 amide bonds. The summed E-state index contributed by atoms with van der Waals surface area (Å²) in [7, 11) is 0. The maximum absolute atomic E-state index is 4.57. The van der Waals surface area contributed by atoms with Crippen molar-refractivity contribution >= 4 is 11.3 Å². The van der Waals surface area contributed by atoms with Crippen LogP contribution in [0.1, 0.15) is 48.8 Å². The molecule has 0 radical (unpaired) electrons. The van der Waals surface area contributed by atoms with E-state index < -0.39 is 0 Å². The molecule has 0 bridgehead atoms. The lowest BCUT2D eigenvalue weighted by Gasteiger charge is -2.42. The highest BCUT2D eigenvalue weighted by atomic mass is 32.1. The van der Waals surface area contributed by atoms with Crippen LogP contribution in [0.25, 0.3) is 0 Å². The molecule has 1 N–H and O–H groups in total. The van der Waals surface area contributed by atoms with E-state index in [0.717, 1.165) is 13.1 Å². The third-order valence-corrected chi connectivity index (χ3v) is 5.25. The average Bonchev–Trinajstić information content (AvgIpc) is 2.68. The van der Waals surface area contributed by atoms with Gasteiger partial charge in [0.25, 0.3) is 0 Å². The van der Waals surface area contributed by atoms with Crippen LogP contribution in [0.2, 0.25) is 0 Å². The quantitative estimate of drug-likeness (QED) is 0.913. The van der Waals surface area contributed by atoms with Gasteiger partial charge in [0.05, 0.1) is 10.7 Å². The smallest absolute Gasteiger partial charge is 0.0900 e. The third-order valence-electron chi connectivity index (χ3n) is 4.01. The van der Waals surface area contributed by atoms with Crippen LogP contribution in [-0.4, -0.2) is 35.1 Å². The van der Waals surface area contributed by atoms with Gasteiger partial charge >= 0.3 is 0 Å². The van der Waals surface area contributed by atoms with Crippen molar-refractivity contribution in [3.8, 4) is 0 Å². The van der Waals surface area contributed by atoms with Crippen molar-refractivity contribution in [2.45, 2.75) is 59.2 Å². The van der Waals surface area contributed by atoms with Gasteiger partial charge in [-0.3, -0.25) is 4.90 Å². The van der Waals surface area contributed by atoms with E-state index in [2.05, 4.69) is 49.8 Å². The molecule has 3 unspecified atom stereocenters. The molecular weight excluding hydrogens is 242 g/mol. The van der Waals surface area contributed by atoms with Crippen molar-refractivity contribution in [2.24, 2.45) is 0 Å². The number of piperazine rings is 1. The standard InChI is InChI=1S/C14H25N3S/c1-6-13-8-17(9(2)7-15-13)11(4)14-10(3)16-12(5)18-14/h9,11,13,15H,6-8H2,1-5H3. The Bertz CT molecular complexity index is 402. The molecule has 0 saturated carbocycles. The Morgan fingerprint density at radius 2 is 2.22 bits per heavy atom. The lowest BCUT2D eigenvalue weighted by molar-refractivity contribution is 0.0987. The van der Waals surface area contributed by atoms with Crippen LogP contribution >= 0.6 is 11.3 Å². The fourth-order valence-electron chi connectivity index (χ4n) is 2.85. The summed E-state index contributed by atoms with van der Waals surface area (Å²) in [5, 5.41) is 4.81. The number of nitrogens with zero attached hydrogens (tertiary/aromatic N) is 2. The van der Waals surface area contributed by atoms with Gasteiger partial charge in [-0.05, 0) is 34.1 Å². The van der Waals surface area contributed by atoms with Gasteiger partial charge in [-0.1, -0.05) is 6.92 Å². The first-order valence-corrected chi connectivity index (χ1v) is 7.77. The van der Waals surface area contributed by atoms with Crippen molar-refractivity contribution in [3.05, 3.63) is 15.6 Å². The number of hydrogen-bond acceptors (Lipinski definition) is 4. The molecule has 2 heterocycles. The van der Waals surface area contributed by atoms with E-state index in [0.29, 0.717) is 18.1 Å². The fourth-order valence-corrected chi connectivity index (χ4v) is 3.85. The van der Waals surface area contributed by atoms with Crippen molar-refractivity contribution < 1.29 is 0 Å². The van der Waals surface area contributed by atoms with Gasteiger partial charge in [-0.25, -0.2) is 4.98 Å². The van der Waals surface area contributed by atoms with Gasteiger partial charge in [0.2, 0.25) is 0 Å². The zero-order valence-electron chi connectivity index (χ0n) is 12.2. The van der Waals surface area contributed by atoms with Crippen LogP contribution in [0.5, 0.6) is 0 Å². The molecule has 0 aliphatic carbocycles. The summed E-state index contributed by atoms with van der Waals surface area (Å²) in [5.74, 6) is 0. The predicted octanol–water partition coefficient (Wildman–Crippen LogP) is 2.89. The molecule has 1 aliphatic rings. The second-order valence-corrected chi connectivity index (χ2v) is 6.65. The molecular formula is C14H25N3S. The molecule has 1 aliphatic heterocycles. The maximum atomic E-state index is 4.57. The molecule has 4 heteroatoms. The van der Waals surface area contributed by atoms with Gasteiger partial charge in [0.15, 0.2) is 0 Å². The monoisotopic (exact) mass is 267 g/mol. The second kappa shape index (κ2) is 5.68. The summed E-state index contributed by atoms with van der Waals surface area (Å²) in [6, 6.07) is 1.73. The van der Waals surface area contributed by atoms with Crippen LogP contribution in [0, 0.1) is 13.8 Å². The van der Waals surface area contributed by atoms with Gasteiger partial charge < -0.3 is 5.32 Å². The minimum atomic E-state index is 0.488. The van der Waals surface area contributed by atoms with Crippen LogP contribution < -0.4 is 5.32 Å². The summed E-state index contributed by atoms with van der Waals surface area (Å²) < 4.78 is 0. The number of thiazole rings is 1. The SMILES string of the molecule is CCC1CN(C(C)c2sc(C)nc2C)C(C)CN1. The molecule has 18 heavy (non-hydrogen) atoms. The Morgan fingerprint density at radius 3 is 2.78 bits per heavy atom. The first kappa shape index (κ1) is 14.0. The summed E-state index contributed by atoms with van der Waals surface area (Å²) in [5.41, 5.74) is 1.21. The highest BCUT2D eigenvalue weighted by Crippen LogP contribution is 2.31. The molecule has 1 aromatic heterocycles. The predicted molar refractivity (Wildman–Crippen MR) is 78.3 cm³/mol. The van der Waals surface area contributed by atoms with Gasteiger partial charge in [-0.2, -0.15) is 0 Å². The Hall–Kier alpha value is -0.450. The molecule has 3 atom stereocenters. The first-order chi connectivity index (χ1) is 8.52. The highest BCUT2D eigenvalue weighted by Gasteiger charge is 2.29. The minimum Gasteiger partial charge on any atom is -0.311 e. The topological polar surface area (TPSA) is 28.2 Å². The zero-order valence-corrected chi connectivity index (χ0v) is 13.0. The Kier molecular flexibility index (Phi) is 4.41. The van der Waals surface area contributed by atoms with Crippen LogP contribution in [0.15, 0.2) is 0 Å². The van der Waals surface area contributed by atoms with Crippen LogP contribution in [0.4, 0.5) is 0 Å². The molecule has 1 aromatic rings. The Morgan fingerprint density at radius 1 is 1.50 bits per heavy atom. The molecule has 0 spiro atoms. The van der Waals surface area contributed by atoms with Crippen molar-refractivity contribution in [1.82, 2.24) is 15.2 Å². The van der Waals surface area contributed by atoms with Crippen LogP contribution in [0.3, 0.4) is 0 Å². The van der Waals surface area contributed by atoms with E-state index in [9.17, 15) is 0 Å². The minimum absolute atomic E-state index is 0.488. The Labute approximate surface area is 115 Å². The van der Waals surface area contributed by atoms with E-state index in [4.69, 9.17) is 0 Å². The number of rotatable bonds is 3. The van der Waals surface area contributed by atoms with Crippen molar-refractivity contribution in [1.29, 1.82) is 0 Å². The van der Waals surface area contributed by atoms with Gasteiger partial charge in [0.1, 0.15) is 0 Å². The van der Waals surface area contributed by atoms with Gasteiger partial charge in [0, 0.05) is 36.1 Å². The van der Waals surface area contributed by atoms with E-state index in [1.54, 1.807) is 0 Å². The van der Waals surface area contributed by atoms with Crippen LogP contribution in [-0.2, 0) is 0 Å². The maximum Gasteiger partial charge on any atom is 0.0900 e. The molecule has 1 fully saturated rings. The van der Waals surface area contributed by atoms with E-state index in [-0.39, 0.29) is 0 Å². The first-order valence-electron chi connectivity index (χ1n) is 6.96. The second-order valence-electron chi connectivity index (χ2n) is 5.42. The summed E-state index contributed by atoms with van der Waals surface area (Å²) in [6.07, 6.45) is 1.21. The largest absolute Gasteiger partial charge is 0.311 e. The lowest BCUT2D eigenvalue weighted by Crippen LogP contribution is -2.55. The summed E-state index contributed by atoms with van der Waals surface area (Å²) in [4.78, 5) is 8.64. The Balaban J connectivity index is 2.16. The summed E-state index contributed by atoms with van der Waals surface area (Å²) in [6.45, 7) is 13.4. The third kappa shape index (κ3) is 2.76. The fraction of sp³-hybridized carbons (Fsp3) is 0.786. The van der Waals surface area contributed by atoms with E-state index in [1.807, 2.05) is 11.3 Å². The number of aromatic nitrogens is 1. The molecule has 2 rings (SSSR count). The number of hydrogen-bond donors (Lipinski definition) is 1. The van der Waals surface area contributed by atoms with Crippen molar-refractivity contribution in [2.75, 3.05) is 13.1 Å².